The average molecular weight is 439 g/mol. The van der Waals surface area contributed by atoms with Crippen molar-refractivity contribution < 1.29 is 9.59 Å². The molecule has 2 aromatic rings. The van der Waals surface area contributed by atoms with Gasteiger partial charge in [0.15, 0.2) is 0 Å². The zero-order chi connectivity index (χ0) is 22.4. The first-order chi connectivity index (χ1) is 15.5. The van der Waals surface area contributed by atoms with Crippen LogP contribution in [0.5, 0.6) is 0 Å². The van der Waals surface area contributed by atoms with Gasteiger partial charge in [-0.1, -0.05) is 6.92 Å². The van der Waals surface area contributed by atoms with E-state index < -0.39 is 0 Å². The minimum atomic E-state index is -0.162. The molecule has 5 rings (SSSR count). The maximum atomic E-state index is 12.3. The topological polar surface area (TPSA) is 91.3 Å². The largest absolute Gasteiger partial charge is 0.354 e. The van der Waals surface area contributed by atoms with Crippen LogP contribution in [0.2, 0.25) is 0 Å². The lowest BCUT2D eigenvalue weighted by Crippen LogP contribution is -2.63. The van der Waals surface area contributed by atoms with Crippen LogP contribution in [-0.2, 0) is 4.79 Å². The Labute approximate surface area is 189 Å². The van der Waals surface area contributed by atoms with Crippen molar-refractivity contribution in [3.63, 3.8) is 0 Å². The van der Waals surface area contributed by atoms with E-state index in [2.05, 4.69) is 50.4 Å². The molecule has 0 spiro atoms. The average Bonchev–Trinajstić information content (AvgIpc) is 3.22. The van der Waals surface area contributed by atoms with Crippen molar-refractivity contribution in [3.05, 3.63) is 30.1 Å². The molecule has 6 atom stereocenters. The third-order valence-electron chi connectivity index (χ3n) is 7.91. The number of nitrogens with zero attached hydrogens (tertiary/aromatic N) is 3. The van der Waals surface area contributed by atoms with Crippen molar-refractivity contribution in [2.75, 3.05) is 26.7 Å². The molecular formula is C24H34N6O2. The Morgan fingerprint density at radius 3 is 2.84 bits per heavy atom. The summed E-state index contributed by atoms with van der Waals surface area (Å²) in [5.74, 6) is 0.790. The molecule has 0 radical (unpaired) electrons. The summed E-state index contributed by atoms with van der Waals surface area (Å²) in [5, 5.41) is 9.63. The summed E-state index contributed by atoms with van der Waals surface area (Å²) >= 11 is 0. The predicted octanol–water partition coefficient (Wildman–Crippen LogP) is 1.53. The van der Waals surface area contributed by atoms with Crippen molar-refractivity contribution in [3.8, 4) is 0 Å². The van der Waals surface area contributed by atoms with Gasteiger partial charge in [-0.05, 0) is 56.8 Å². The van der Waals surface area contributed by atoms with Crippen LogP contribution in [0.3, 0.4) is 0 Å². The number of fused-ring (bicyclic) bond motifs is 2. The van der Waals surface area contributed by atoms with Gasteiger partial charge in [-0.3, -0.25) is 14.5 Å². The zero-order valence-electron chi connectivity index (χ0n) is 19.2. The molecule has 3 aliphatic rings. The van der Waals surface area contributed by atoms with Crippen LogP contribution in [0.25, 0.3) is 11.0 Å². The lowest BCUT2D eigenvalue weighted by Gasteiger charge is -2.50. The van der Waals surface area contributed by atoms with Crippen LogP contribution in [0.15, 0.2) is 24.4 Å². The molecular weight excluding hydrogens is 404 g/mol. The van der Waals surface area contributed by atoms with Gasteiger partial charge < -0.3 is 20.5 Å². The van der Waals surface area contributed by atoms with E-state index in [1.54, 1.807) is 13.1 Å². The molecule has 172 valence electrons. The van der Waals surface area contributed by atoms with Gasteiger partial charge in [-0.2, -0.15) is 0 Å². The molecule has 2 aromatic heterocycles. The number of likely N-dealkylation sites (tertiary alicyclic amines) is 1. The van der Waals surface area contributed by atoms with Crippen molar-refractivity contribution in [2.24, 2.45) is 11.8 Å². The Bertz CT molecular complexity index is 1020. The standard InChI is InChI=1S/C24H34N6O2/c1-4-16-10-19-20(28-23(16)31)9-15(11-26-19)12-29-13-22(14(29)2)30-8-7-17-21(30)6-5-18(27-17)24(32)25-3/h5-8,14-16,19-20,22,26H,4,9-13H2,1-3H3,(H,25,32)(H,28,31)/t14-,15?,16?,19?,20?,22+/m1/s1. The van der Waals surface area contributed by atoms with Gasteiger partial charge in [0.05, 0.1) is 17.1 Å². The molecule has 32 heavy (non-hydrogen) atoms. The Balaban J connectivity index is 1.20. The van der Waals surface area contributed by atoms with E-state index in [-0.39, 0.29) is 23.8 Å². The molecule has 8 heteroatoms. The number of hydrogen-bond acceptors (Lipinski definition) is 5. The number of amides is 2. The van der Waals surface area contributed by atoms with Gasteiger partial charge in [0.1, 0.15) is 5.69 Å². The van der Waals surface area contributed by atoms with Crippen LogP contribution in [0.1, 0.15) is 49.6 Å². The Morgan fingerprint density at radius 1 is 1.25 bits per heavy atom. The molecule has 3 saturated heterocycles. The second-order valence-corrected chi connectivity index (χ2v) is 9.74. The Morgan fingerprint density at radius 2 is 2.09 bits per heavy atom. The predicted molar refractivity (Wildman–Crippen MR) is 123 cm³/mol. The van der Waals surface area contributed by atoms with Gasteiger partial charge >= 0.3 is 0 Å². The summed E-state index contributed by atoms with van der Waals surface area (Å²) in [6.07, 6.45) is 5.05. The van der Waals surface area contributed by atoms with Gasteiger partial charge in [0, 0.05) is 50.4 Å². The summed E-state index contributed by atoms with van der Waals surface area (Å²) in [6.45, 7) is 7.48. The number of piperidine rings is 2. The summed E-state index contributed by atoms with van der Waals surface area (Å²) in [4.78, 5) is 31.2. The molecule has 4 unspecified atom stereocenters. The first kappa shape index (κ1) is 21.4. The maximum Gasteiger partial charge on any atom is 0.269 e. The van der Waals surface area contributed by atoms with Crippen LogP contribution in [0, 0.1) is 11.8 Å². The molecule has 0 bridgehead atoms. The first-order valence-corrected chi connectivity index (χ1v) is 12.0. The minimum absolute atomic E-state index is 0.162. The fourth-order valence-corrected chi connectivity index (χ4v) is 5.82. The summed E-state index contributed by atoms with van der Waals surface area (Å²) < 4.78 is 2.30. The summed E-state index contributed by atoms with van der Waals surface area (Å²) in [7, 11) is 1.62. The molecule has 3 fully saturated rings. The van der Waals surface area contributed by atoms with Gasteiger partial charge in [0.25, 0.3) is 5.91 Å². The van der Waals surface area contributed by atoms with E-state index in [0.717, 1.165) is 49.9 Å². The molecule has 3 N–H and O–H groups in total. The fraction of sp³-hybridized carbons (Fsp3) is 0.625. The van der Waals surface area contributed by atoms with Crippen LogP contribution in [0.4, 0.5) is 0 Å². The van der Waals surface area contributed by atoms with Crippen molar-refractivity contribution in [1.82, 2.24) is 30.4 Å². The highest BCUT2D eigenvalue weighted by Gasteiger charge is 2.42. The first-order valence-electron chi connectivity index (χ1n) is 12.0. The second kappa shape index (κ2) is 8.48. The highest BCUT2D eigenvalue weighted by molar-refractivity contribution is 5.94. The van der Waals surface area contributed by atoms with Gasteiger partial charge in [-0.15, -0.1) is 0 Å². The van der Waals surface area contributed by atoms with E-state index >= 15 is 0 Å². The Kier molecular flexibility index (Phi) is 5.67. The smallest absolute Gasteiger partial charge is 0.269 e. The molecule has 5 heterocycles. The van der Waals surface area contributed by atoms with Gasteiger partial charge in [-0.25, -0.2) is 4.98 Å². The number of nitrogens with one attached hydrogen (secondary N) is 3. The van der Waals surface area contributed by atoms with E-state index in [9.17, 15) is 9.59 Å². The zero-order valence-corrected chi connectivity index (χ0v) is 19.2. The third kappa shape index (κ3) is 3.69. The normalized spacial score (nSPS) is 32.8. The lowest BCUT2D eigenvalue weighted by atomic mass is 9.80. The van der Waals surface area contributed by atoms with E-state index in [4.69, 9.17) is 0 Å². The monoisotopic (exact) mass is 438 g/mol. The highest BCUT2D eigenvalue weighted by Crippen LogP contribution is 2.34. The molecule has 8 nitrogen and oxygen atoms in total. The van der Waals surface area contributed by atoms with Crippen molar-refractivity contribution in [2.45, 2.75) is 57.3 Å². The number of rotatable bonds is 5. The van der Waals surface area contributed by atoms with Crippen molar-refractivity contribution >= 4 is 22.8 Å². The van der Waals surface area contributed by atoms with Crippen LogP contribution < -0.4 is 16.0 Å². The molecule has 3 aliphatic heterocycles. The second-order valence-electron chi connectivity index (χ2n) is 9.74. The van der Waals surface area contributed by atoms with E-state index in [1.807, 2.05) is 12.1 Å². The van der Waals surface area contributed by atoms with Crippen molar-refractivity contribution in [1.29, 1.82) is 0 Å². The van der Waals surface area contributed by atoms with E-state index in [1.165, 1.54) is 0 Å². The minimum Gasteiger partial charge on any atom is -0.354 e. The summed E-state index contributed by atoms with van der Waals surface area (Å²) in [6, 6.07) is 7.33. The highest BCUT2D eigenvalue weighted by atomic mass is 16.2. The van der Waals surface area contributed by atoms with Gasteiger partial charge in [0.2, 0.25) is 5.91 Å². The van der Waals surface area contributed by atoms with Crippen LogP contribution >= 0.6 is 0 Å². The number of carbonyl (C=O) groups is 2. The Hall–Kier alpha value is -2.45. The molecule has 2 amide bonds. The SMILES string of the molecule is CCC1CC2NCC(CN3C[C@H](n4ccc5nc(C(=O)NC)ccc54)[C@H]3C)CC2NC1=O. The number of hydrogen-bond donors (Lipinski definition) is 3. The third-order valence-corrected chi connectivity index (χ3v) is 7.91. The number of pyridine rings is 1. The number of aromatic nitrogens is 2. The maximum absolute atomic E-state index is 12.3. The van der Waals surface area contributed by atoms with E-state index in [0.29, 0.717) is 29.7 Å². The molecule has 0 aliphatic carbocycles. The number of carbonyl (C=O) groups excluding carboxylic acids is 2. The molecule has 0 saturated carbocycles. The lowest BCUT2D eigenvalue weighted by molar-refractivity contribution is -0.129. The van der Waals surface area contributed by atoms with Crippen LogP contribution in [-0.4, -0.2) is 71.1 Å². The summed E-state index contributed by atoms with van der Waals surface area (Å²) in [5.41, 5.74) is 2.38. The quantitative estimate of drug-likeness (QED) is 0.659. The fourth-order valence-electron chi connectivity index (χ4n) is 5.82. The molecule has 0 aromatic carbocycles.